The van der Waals surface area contributed by atoms with Gasteiger partial charge < -0.3 is 15.0 Å². The number of fused-ring (bicyclic) bond motifs is 1. The van der Waals surface area contributed by atoms with Crippen molar-refractivity contribution in [2.24, 2.45) is 0 Å². The number of hydrogen-bond acceptors (Lipinski definition) is 3. The molecule has 1 heterocycles. The van der Waals surface area contributed by atoms with Gasteiger partial charge in [0.05, 0.1) is 5.69 Å². The summed E-state index contributed by atoms with van der Waals surface area (Å²) in [4.78, 5) is 25.0. The third-order valence-electron chi connectivity index (χ3n) is 3.06. The number of anilines is 1. The van der Waals surface area contributed by atoms with Gasteiger partial charge in [0.1, 0.15) is 5.75 Å². The Labute approximate surface area is 112 Å². The lowest BCUT2D eigenvalue weighted by molar-refractivity contribution is -0.118. The van der Waals surface area contributed by atoms with Gasteiger partial charge in [-0.05, 0) is 24.6 Å². The lowest BCUT2D eigenvalue weighted by atomic mass is 10.1. The molecule has 0 aliphatic carbocycles. The van der Waals surface area contributed by atoms with E-state index in [2.05, 4.69) is 12.2 Å². The topological polar surface area (TPSA) is 58.6 Å². The summed E-state index contributed by atoms with van der Waals surface area (Å²) in [5.74, 6) is 0.345. The second-order valence-corrected chi connectivity index (χ2v) is 4.63. The summed E-state index contributed by atoms with van der Waals surface area (Å²) < 4.78 is 5.30. The van der Waals surface area contributed by atoms with Crippen LogP contribution >= 0.6 is 0 Å². The summed E-state index contributed by atoms with van der Waals surface area (Å²) in [5.41, 5.74) is 1.19. The molecule has 0 saturated heterocycles. The second kappa shape index (κ2) is 5.73. The summed E-state index contributed by atoms with van der Waals surface area (Å²) in [6, 6.07) is 5.09. The van der Waals surface area contributed by atoms with Gasteiger partial charge in [-0.15, -0.1) is 0 Å². The predicted molar refractivity (Wildman–Crippen MR) is 72.4 cm³/mol. The molecule has 1 aliphatic rings. The number of benzene rings is 1. The van der Waals surface area contributed by atoms with Crippen molar-refractivity contribution >= 4 is 17.5 Å². The van der Waals surface area contributed by atoms with Crippen LogP contribution in [0, 0.1) is 0 Å². The highest BCUT2D eigenvalue weighted by atomic mass is 16.5. The highest BCUT2D eigenvalue weighted by Crippen LogP contribution is 2.28. The molecule has 0 saturated carbocycles. The molecule has 2 amide bonds. The summed E-state index contributed by atoms with van der Waals surface area (Å²) in [6.45, 7) is 2.83. The Bertz CT molecular complexity index is 499. The van der Waals surface area contributed by atoms with Crippen LogP contribution in [0.3, 0.4) is 0 Å². The second-order valence-electron chi connectivity index (χ2n) is 4.63. The summed E-state index contributed by atoms with van der Waals surface area (Å²) in [5, 5.41) is 2.70. The minimum absolute atomic E-state index is 0.00365. The average Bonchev–Trinajstić information content (AvgIpc) is 2.43. The first-order valence-electron chi connectivity index (χ1n) is 6.44. The Morgan fingerprint density at radius 2 is 2.26 bits per heavy atom. The number of nitrogens with one attached hydrogen (secondary N) is 1. The molecule has 0 radical (unpaired) electrons. The van der Waals surface area contributed by atoms with Crippen molar-refractivity contribution in [1.29, 1.82) is 0 Å². The first kappa shape index (κ1) is 13.4. The maximum atomic E-state index is 12.2. The molecule has 1 aliphatic heterocycles. The van der Waals surface area contributed by atoms with Crippen LogP contribution < -0.4 is 10.1 Å². The molecule has 0 fully saturated rings. The van der Waals surface area contributed by atoms with Gasteiger partial charge in [0.15, 0.2) is 6.61 Å². The highest BCUT2D eigenvalue weighted by Gasteiger charge is 2.19. The molecule has 5 heteroatoms. The largest absolute Gasteiger partial charge is 0.482 e. The monoisotopic (exact) mass is 262 g/mol. The van der Waals surface area contributed by atoms with E-state index in [0.717, 1.165) is 19.4 Å². The van der Waals surface area contributed by atoms with Crippen LogP contribution in [-0.4, -0.2) is 36.9 Å². The molecular weight excluding hydrogens is 244 g/mol. The van der Waals surface area contributed by atoms with Crippen LogP contribution in [0.5, 0.6) is 5.75 Å². The third-order valence-corrected chi connectivity index (χ3v) is 3.06. The average molecular weight is 262 g/mol. The number of amides is 2. The fourth-order valence-corrected chi connectivity index (χ4v) is 1.92. The van der Waals surface area contributed by atoms with E-state index in [0.29, 0.717) is 17.0 Å². The molecule has 2 rings (SSSR count). The molecular formula is C14H18N2O3. The van der Waals surface area contributed by atoms with E-state index in [9.17, 15) is 9.59 Å². The van der Waals surface area contributed by atoms with Gasteiger partial charge in [-0.3, -0.25) is 9.59 Å². The van der Waals surface area contributed by atoms with Crippen LogP contribution in [0.1, 0.15) is 30.1 Å². The van der Waals surface area contributed by atoms with Gasteiger partial charge in [-0.2, -0.15) is 0 Å². The molecule has 102 valence electrons. The van der Waals surface area contributed by atoms with Crippen molar-refractivity contribution in [1.82, 2.24) is 4.90 Å². The van der Waals surface area contributed by atoms with Gasteiger partial charge in [-0.25, -0.2) is 0 Å². The van der Waals surface area contributed by atoms with Gasteiger partial charge in [0.2, 0.25) is 0 Å². The minimum Gasteiger partial charge on any atom is -0.482 e. The van der Waals surface area contributed by atoms with Crippen LogP contribution in [0.4, 0.5) is 5.69 Å². The Kier molecular flexibility index (Phi) is 4.04. The number of hydrogen-bond donors (Lipinski definition) is 1. The van der Waals surface area contributed by atoms with E-state index in [4.69, 9.17) is 4.74 Å². The first-order chi connectivity index (χ1) is 9.11. The molecule has 0 bridgehead atoms. The van der Waals surface area contributed by atoms with E-state index < -0.39 is 0 Å². The van der Waals surface area contributed by atoms with Crippen molar-refractivity contribution in [3.63, 3.8) is 0 Å². The fraction of sp³-hybridized carbons (Fsp3) is 0.429. The predicted octanol–water partition coefficient (Wildman–Crippen LogP) is 1.89. The van der Waals surface area contributed by atoms with Crippen molar-refractivity contribution in [3.8, 4) is 5.75 Å². The lowest BCUT2D eigenvalue weighted by Gasteiger charge is -2.20. The normalized spacial score (nSPS) is 13.3. The number of carbonyl (C=O) groups is 2. The maximum absolute atomic E-state index is 12.2. The van der Waals surface area contributed by atoms with Crippen molar-refractivity contribution < 1.29 is 14.3 Å². The number of unbranched alkanes of at least 4 members (excludes halogenated alkanes) is 1. The zero-order valence-electron chi connectivity index (χ0n) is 11.2. The van der Waals surface area contributed by atoms with Crippen LogP contribution in [-0.2, 0) is 4.79 Å². The SMILES string of the molecule is CCCCN(C)C(=O)c1ccc2c(c1)OCC(=O)N2. The Hall–Kier alpha value is -2.04. The summed E-state index contributed by atoms with van der Waals surface area (Å²) in [7, 11) is 1.79. The summed E-state index contributed by atoms with van der Waals surface area (Å²) >= 11 is 0. The number of carbonyl (C=O) groups excluding carboxylic acids is 2. The van der Waals surface area contributed by atoms with E-state index in [1.54, 1.807) is 30.1 Å². The maximum Gasteiger partial charge on any atom is 0.262 e. The molecule has 1 N–H and O–H groups in total. The van der Waals surface area contributed by atoms with Crippen molar-refractivity contribution in [3.05, 3.63) is 23.8 Å². The van der Waals surface area contributed by atoms with Gasteiger partial charge in [0.25, 0.3) is 11.8 Å². The summed E-state index contributed by atoms with van der Waals surface area (Å²) in [6.07, 6.45) is 2.04. The molecule has 0 atom stereocenters. The zero-order valence-corrected chi connectivity index (χ0v) is 11.2. The van der Waals surface area contributed by atoms with Crippen molar-refractivity contribution in [2.75, 3.05) is 25.5 Å². The van der Waals surface area contributed by atoms with Gasteiger partial charge >= 0.3 is 0 Å². The standard InChI is InChI=1S/C14H18N2O3/c1-3-4-7-16(2)14(18)10-5-6-11-12(8-10)19-9-13(17)15-11/h5-6,8H,3-4,7,9H2,1-2H3,(H,15,17). The van der Waals surface area contributed by atoms with Crippen LogP contribution in [0.2, 0.25) is 0 Å². The fourth-order valence-electron chi connectivity index (χ4n) is 1.92. The smallest absolute Gasteiger partial charge is 0.262 e. The van der Waals surface area contributed by atoms with E-state index >= 15 is 0 Å². The zero-order chi connectivity index (χ0) is 13.8. The molecule has 1 aromatic carbocycles. The number of rotatable bonds is 4. The minimum atomic E-state index is -0.174. The van der Waals surface area contributed by atoms with Crippen molar-refractivity contribution in [2.45, 2.75) is 19.8 Å². The Morgan fingerprint density at radius 1 is 1.47 bits per heavy atom. The molecule has 0 unspecified atom stereocenters. The number of ether oxygens (including phenoxy) is 1. The highest BCUT2D eigenvalue weighted by molar-refractivity contribution is 5.98. The van der Waals surface area contributed by atoms with Gasteiger partial charge in [0, 0.05) is 19.2 Å². The molecule has 1 aromatic rings. The van der Waals surface area contributed by atoms with E-state index in [1.807, 2.05) is 0 Å². The van der Waals surface area contributed by atoms with Crippen LogP contribution in [0.25, 0.3) is 0 Å². The molecule has 0 spiro atoms. The number of nitrogens with zero attached hydrogens (tertiary/aromatic N) is 1. The van der Waals surface area contributed by atoms with Crippen LogP contribution in [0.15, 0.2) is 18.2 Å². The molecule has 5 nitrogen and oxygen atoms in total. The lowest BCUT2D eigenvalue weighted by Crippen LogP contribution is -2.29. The quantitative estimate of drug-likeness (QED) is 0.901. The van der Waals surface area contributed by atoms with E-state index in [1.165, 1.54) is 0 Å². The van der Waals surface area contributed by atoms with Gasteiger partial charge in [-0.1, -0.05) is 13.3 Å². The first-order valence-corrected chi connectivity index (χ1v) is 6.44. The molecule has 19 heavy (non-hydrogen) atoms. The van der Waals surface area contributed by atoms with E-state index in [-0.39, 0.29) is 18.4 Å². The molecule has 0 aromatic heterocycles. The Morgan fingerprint density at radius 3 is 3.00 bits per heavy atom. The Balaban J connectivity index is 2.13. The third kappa shape index (κ3) is 3.05.